The summed E-state index contributed by atoms with van der Waals surface area (Å²) in [5.41, 5.74) is 6.18. The van der Waals surface area contributed by atoms with Crippen LogP contribution in [-0.4, -0.2) is 50.8 Å². The molecule has 0 bridgehead atoms. The van der Waals surface area contributed by atoms with E-state index in [1.54, 1.807) is 12.1 Å². The van der Waals surface area contributed by atoms with E-state index in [1.165, 1.54) is 40.7 Å². The van der Waals surface area contributed by atoms with Gasteiger partial charge in [-0.05, 0) is 42.5 Å². The quantitative estimate of drug-likeness (QED) is 0.792. The molecule has 2 aromatic carbocycles. The monoisotopic (exact) mass is 389 g/mol. The highest BCUT2D eigenvalue weighted by molar-refractivity contribution is 7.89. The zero-order valence-electron chi connectivity index (χ0n) is 14.4. The van der Waals surface area contributed by atoms with Crippen molar-refractivity contribution in [3.8, 4) is 0 Å². The first-order valence-corrected chi connectivity index (χ1v) is 9.71. The summed E-state index contributed by atoms with van der Waals surface area (Å²) >= 11 is 0. The normalized spacial score (nSPS) is 15.3. The number of primary amides is 1. The number of benzene rings is 2. The number of nitrogens with one attached hydrogen (secondary N) is 1. The highest BCUT2D eigenvalue weighted by Crippen LogP contribution is 2.19. The molecule has 1 heterocycles. The standard InChI is InChI=1S/C18H19N3O5S/c19-17(22)13-4-6-15(7-5-13)20-18(23)14-2-1-3-16(12-14)27(24,25)21-8-10-26-11-9-21/h1-7,12H,8-11H2,(H2,19,22)(H,20,23). The molecule has 27 heavy (non-hydrogen) atoms. The lowest BCUT2D eigenvalue weighted by Gasteiger charge is -2.26. The largest absolute Gasteiger partial charge is 0.379 e. The zero-order valence-corrected chi connectivity index (χ0v) is 15.2. The number of hydrogen-bond acceptors (Lipinski definition) is 5. The first kappa shape index (κ1) is 19.0. The summed E-state index contributed by atoms with van der Waals surface area (Å²) in [6.07, 6.45) is 0. The van der Waals surface area contributed by atoms with Gasteiger partial charge >= 0.3 is 0 Å². The smallest absolute Gasteiger partial charge is 0.255 e. The van der Waals surface area contributed by atoms with Crippen LogP contribution >= 0.6 is 0 Å². The third-order valence-electron chi connectivity index (χ3n) is 4.13. The molecule has 1 aliphatic heterocycles. The topological polar surface area (TPSA) is 119 Å². The van der Waals surface area contributed by atoms with Gasteiger partial charge in [-0.3, -0.25) is 9.59 Å². The van der Waals surface area contributed by atoms with Crippen molar-refractivity contribution in [1.29, 1.82) is 0 Å². The second-order valence-electron chi connectivity index (χ2n) is 5.94. The number of carbonyl (C=O) groups excluding carboxylic acids is 2. The van der Waals surface area contributed by atoms with Crippen LogP contribution in [0.2, 0.25) is 0 Å². The number of sulfonamides is 1. The number of rotatable bonds is 5. The van der Waals surface area contributed by atoms with E-state index in [1.807, 2.05) is 0 Å². The Balaban J connectivity index is 1.78. The molecular weight excluding hydrogens is 370 g/mol. The maximum absolute atomic E-state index is 12.7. The van der Waals surface area contributed by atoms with Crippen LogP contribution in [-0.2, 0) is 14.8 Å². The Morgan fingerprint density at radius 1 is 1.00 bits per heavy atom. The molecule has 0 aromatic heterocycles. The van der Waals surface area contributed by atoms with Gasteiger partial charge in [0.05, 0.1) is 18.1 Å². The lowest BCUT2D eigenvalue weighted by Crippen LogP contribution is -2.40. The van der Waals surface area contributed by atoms with E-state index < -0.39 is 21.8 Å². The number of anilines is 1. The molecule has 142 valence electrons. The van der Waals surface area contributed by atoms with Crippen LogP contribution in [0.1, 0.15) is 20.7 Å². The van der Waals surface area contributed by atoms with Crippen LogP contribution < -0.4 is 11.1 Å². The number of nitrogens with zero attached hydrogens (tertiary/aromatic N) is 1. The molecule has 2 aromatic rings. The molecule has 0 spiro atoms. The summed E-state index contributed by atoms with van der Waals surface area (Å²) in [7, 11) is -3.68. The fourth-order valence-electron chi connectivity index (χ4n) is 2.65. The predicted molar refractivity (Wildman–Crippen MR) is 98.9 cm³/mol. The number of carbonyl (C=O) groups is 2. The third kappa shape index (κ3) is 4.33. The molecule has 1 aliphatic rings. The molecule has 1 fully saturated rings. The number of hydrogen-bond donors (Lipinski definition) is 2. The number of amides is 2. The van der Waals surface area contributed by atoms with Crippen molar-refractivity contribution in [3.63, 3.8) is 0 Å². The van der Waals surface area contributed by atoms with Gasteiger partial charge in [-0.1, -0.05) is 6.07 Å². The van der Waals surface area contributed by atoms with Crippen molar-refractivity contribution in [2.24, 2.45) is 5.73 Å². The number of ether oxygens (including phenoxy) is 1. The van der Waals surface area contributed by atoms with Crippen molar-refractivity contribution >= 4 is 27.5 Å². The number of morpholine rings is 1. The molecule has 0 unspecified atom stereocenters. The average Bonchev–Trinajstić information content (AvgIpc) is 2.69. The molecule has 3 rings (SSSR count). The van der Waals surface area contributed by atoms with E-state index in [-0.39, 0.29) is 23.5 Å². The van der Waals surface area contributed by atoms with Crippen molar-refractivity contribution < 1.29 is 22.7 Å². The lowest BCUT2D eigenvalue weighted by molar-refractivity contribution is 0.0730. The first-order chi connectivity index (χ1) is 12.9. The molecular formula is C18H19N3O5S. The van der Waals surface area contributed by atoms with Gasteiger partial charge in [-0.25, -0.2) is 8.42 Å². The maximum Gasteiger partial charge on any atom is 0.255 e. The summed E-state index contributed by atoms with van der Waals surface area (Å²) in [5.74, 6) is -1.02. The van der Waals surface area contributed by atoms with E-state index in [2.05, 4.69) is 5.32 Å². The Morgan fingerprint density at radius 2 is 1.67 bits per heavy atom. The Bertz CT molecular complexity index is 951. The van der Waals surface area contributed by atoms with Gasteiger partial charge in [0.25, 0.3) is 5.91 Å². The Morgan fingerprint density at radius 3 is 2.30 bits per heavy atom. The minimum absolute atomic E-state index is 0.0566. The average molecular weight is 389 g/mol. The Kier molecular flexibility index (Phi) is 5.54. The summed E-state index contributed by atoms with van der Waals surface area (Å²) in [5, 5.41) is 2.66. The highest BCUT2D eigenvalue weighted by atomic mass is 32.2. The summed E-state index contributed by atoms with van der Waals surface area (Å²) in [6, 6.07) is 12.0. The number of nitrogens with two attached hydrogens (primary N) is 1. The van der Waals surface area contributed by atoms with Crippen LogP contribution in [0.4, 0.5) is 5.69 Å². The first-order valence-electron chi connectivity index (χ1n) is 8.27. The Hall–Kier alpha value is -2.75. The van der Waals surface area contributed by atoms with Crippen molar-refractivity contribution in [2.45, 2.75) is 4.90 Å². The molecule has 1 saturated heterocycles. The van der Waals surface area contributed by atoms with Crippen LogP contribution in [0, 0.1) is 0 Å². The lowest BCUT2D eigenvalue weighted by atomic mass is 10.2. The molecule has 8 nitrogen and oxygen atoms in total. The van der Waals surface area contributed by atoms with Crippen LogP contribution in [0.5, 0.6) is 0 Å². The SMILES string of the molecule is NC(=O)c1ccc(NC(=O)c2cccc(S(=O)(=O)N3CCOCC3)c2)cc1. The summed E-state index contributed by atoms with van der Waals surface area (Å²) < 4.78 is 32.0. The van der Waals surface area contributed by atoms with Crippen molar-refractivity contribution in [2.75, 3.05) is 31.6 Å². The molecule has 0 saturated carbocycles. The van der Waals surface area contributed by atoms with Gasteiger partial charge in [-0.2, -0.15) is 4.31 Å². The van der Waals surface area contributed by atoms with Gasteiger partial charge in [0, 0.05) is 29.9 Å². The molecule has 9 heteroatoms. The molecule has 0 aliphatic carbocycles. The second-order valence-corrected chi connectivity index (χ2v) is 7.88. The van der Waals surface area contributed by atoms with Crippen LogP contribution in [0.3, 0.4) is 0 Å². The van der Waals surface area contributed by atoms with E-state index in [9.17, 15) is 18.0 Å². The van der Waals surface area contributed by atoms with E-state index >= 15 is 0 Å². The minimum atomic E-state index is -3.68. The van der Waals surface area contributed by atoms with Crippen molar-refractivity contribution in [1.82, 2.24) is 4.31 Å². The summed E-state index contributed by atoms with van der Waals surface area (Å²) in [4.78, 5) is 23.6. The van der Waals surface area contributed by atoms with Gasteiger partial charge < -0.3 is 15.8 Å². The highest BCUT2D eigenvalue weighted by Gasteiger charge is 2.26. The van der Waals surface area contributed by atoms with Crippen LogP contribution in [0.15, 0.2) is 53.4 Å². The maximum atomic E-state index is 12.7. The Labute approximate surface area is 157 Å². The fourth-order valence-corrected chi connectivity index (χ4v) is 4.11. The van der Waals surface area contributed by atoms with E-state index in [0.29, 0.717) is 24.5 Å². The minimum Gasteiger partial charge on any atom is -0.379 e. The van der Waals surface area contributed by atoms with Gasteiger partial charge in [0.1, 0.15) is 0 Å². The van der Waals surface area contributed by atoms with Crippen LogP contribution in [0.25, 0.3) is 0 Å². The van der Waals surface area contributed by atoms with Gasteiger partial charge in [0.2, 0.25) is 15.9 Å². The van der Waals surface area contributed by atoms with Gasteiger partial charge in [0.15, 0.2) is 0 Å². The van der Waals surface area contributed by atoms with Crippen molar-refractivity contribution in [3.05, 3.63) is 59.7 Å². The molecule has 2 amide bonds. The third-order valence-corrected chi connectivity index (χ3v) is 6.03. The fraction of sp³-hybridized carbons (Fsp3) is 0.222. The van der Waals surface area contributed by atoms with E-state index in [4.69, 9.17) is 10.5 Å². The van der Waals surface area contributed by atoms with Gasteiger partial charge in [-0.15, -0.1) is 0 Å². The zero-order chi connectivity index (χ0) is 19.4. The van der Waals surface area contributed by atoms with E-state index in [0.717, 1.165) is 0 Å². The molecule has 3 N–H and O–H groups in total. The molecule has 0 radical (unpaired) electrons. The second kappa shape index (κ2) is 7.87. The predicted octanol–water partition coefficient (Wildman–Crippen LogP) is 1.06. The molecule has 0 atom stereocenters. The summed E-state index contributed by atoms with van der Waals surface area (Å²) in [6.45, 7) is 1.26.